The van der Waals surface area contributed by atoms with E-state index >= 15 is 0 Å². The minimum Gasteiger partial charge on any atom is -0.445 e. The lowest BCUT2D eigenvalue weighted by atomic mass is 9.58. The number of hydrogen-bond acceptors (Lipinski definition) is 12. The molecule has 1 saturated carbocycles. The molecule has 5 aliphatic rings. The number of hydrogen-bond donors (Lipinski definition) is 3. The molecule has 1 spiro atoms. The molecule has 3 aromatic rings. The van der Waals surface area contributed by atoms with Gasteiger partial charge in [0, 0.05) is 30.5 Å². The molecular weight excluding hydrogens is 842 g/mol. The van der Waals surface area contributed by atoms with Gasteiger partial charge in [-0.1, -0.05) is 105 Å². The van der Waals surface area contributed by atoms with E-state index in [0.717, 1.165) is 30.4 Å². The smallest absolute Gasteiger partial charge is 0.408 e. The number of benzene rings is 3. The lowest BCUT2D eigenvalue weighted by Gasteiger charge is -2.60. The number of carbonyl (C=O) groups excluding carboxylic acids is 3. The molecule has 8 rings (SSSR count). The normalized spacial score (nSPS) is 28.8. The number of ether oxygens (including phenoxy) is 4. The van der Waals surface area contributed by atoms with Crippen LogP contribution in [0.4, 0.5) is 4.79 Å². The van der Waals surface area contributed by atoms with Crippen molar-refractivity contribution in [3.8, 4) is 0 Å². The second-order valence-electron chi connectivity index (χ2n) is 17.2. The first-order valence-electron chi connectivity index (χ1n) is 22.4. The molecule has 1 unspecified atom stereocenters. The molecule has 64 heavy (non-hydrogen) atoms. The van der Waals surface area contributed by atoms with Gasteiger partial charge in [-0.3, -0.25) is 14.2 Å². The predicted molar refractivity (Wildman–Crippen MR) is 236 cm³/mol. The molecule has 4 saturated heterocycles. The van der Waals surface area contributed by atoms with Crippen LogP contribution in [-0.4, -0.2) is 73.8 Å². The molecule has 346 valence electrons. The zero-order valence-electron chi connectivity index (χ0n) is 37.2. The molecule has 3 amide bonds. The fourth-order valence-corrected chi connectivity index (χ4v) is 10.9. The molecule has 16 heteroatoms. The van der Waals surface area contributed by atoms with Crippen LogP contribution in [0.25, 0.3) is 0 Å². The highest BCUT2D eigenvalue weighted by Gasteiger charge is 2.69. The van der Waals surface area contributed by atoms with Gasteiger partial charge in [0.05, 0.1) is 25.9 Å². The number of carbonyl (C=O) groups is 3. The Morgan fingerprint density at radius 2 is 1.44 bits per heavy atom. The Bertz CT molecular complexity index is 2090. The van der Waals surface area contributed by atoms with E-state index in [1.54, 1.807) is 19.9 Å². The first-order valence-corrected chi connectivity index (χ1v) is 24.0. The Morgan fingerprint density at radius 3 is 2.11 bits per heavy atom. The Balaban J connectivity index is 1.13. The van der Waals surface area contributed by atoms with E-state index in [1.807, 2.05) is 105 Å². The molecule has 3 N–H and O–H groups in total. The number of rotatable bonds is 19. The maximum atomic E-state index is 14.6. The summed E-state index contributed by atoms with van der Waals surface area (Å²) in [5.41, 5.74) is 1.39. The second-order valence-corrected chi connectivity index (χ2v) is 19.1. The Kier molecular flexibility index (Phi) is 15.8. The maximum Gasteiger partial charge on any atom is 0.408 e. The van der Waals surface area contributed by atoms with Crippen molar-refractivity contribution in [3.05, 3.63) is 120 Å². The van der Waals surface area contributed by atoms with E-state index in [2.05, 4.69) is 22.9 Å². The molecule has 2 bridgehead atoms. The first-order chi connectivity index (χ1) is 30.8. The molecule has 4 heterocycles. The van der Waals surface area contributed by atoms with E-state index in [1.165, 1.54) is 5.82 Å². The minimum absolute atomic E-state index is 0.0409. The summed E-state index contributed by atoms with van der Waals surface area (Å²) in [6.45, 7) is 9.48. The summed E-state index contributed by atoms with van der Waals surface area (Å²) < 4.78 is 49.6. The van der Waals surface area contributed by atoms with Crippen LogP contribution in [0.3, 0.4) is 0 Å². The zero-order valence-corrected chi connectivity index (χ0v) is 38.1. The Hall–Kier alpha value is -4.44. The van der Waals surface area contributed by atoms with Crippen molar-refractivity contribution in [2.45, 2.75) is 115 Å². The summed E-state index contributed by atoms with van der Waals surface area (Å²) in [7, 11) is -3.64. The number of amides is 3. The maximum absolute atomic E-state index is 14.6. The van der Waals surface area contributed by atoms with E-state index < -0.39 is 67.6 Å². The van der Waals surface area contributed by atoms with Crippen molar-refractivity contribution in [3.63, 3.8) is 0 Å². The lowest BCUT2D eigenvalue weighted by Crippen LogP contribution is -2.70. The lowest BCUT2D eigenvalue weighted by molar-refractivity contribution is -0.577. The van der Waals surface area contributed by atoms with Crippen LogP contribution in [0.1, 0.15) is 83.0 Å². The third-order valence-electron chi connectivity index (χ3n) is 12.8. The second kappa shape index (κ2) is 21.2. The van der Waals surface area contributed by atoms with Crippen LogP contribution in [0.5, 0.6) is 0 Å². The van der Waals surface area contributed by atoms with Crippen molar-refractivity contribution < 1.29 is 56.7 Å². The van der Waals surface area contributed by atoms with Gasteiger partial charge in [0.1, 0.15) is 18.7 Å². The standard InChI is InChI=1S/C48H62N3O12P/c1-6-58-64(55,59-7-2)28-26-39(36-21-15-10-16-22-36)49-42(52)40(29-34-17-11-8-12-18-34)50-43(53)41(51-46(54)57-30-35-19-13-9-14-20-35)31-56-44-33(4)38-24-23-32(3)37-25-27-47(5)61-45(60-44)48(37,38)63-62-47/h8-22,26,28,32-33,37-41,44-45H,6-7,23-25,27,29-31H2,1-5H3,(H,49,52)(H,50,53)(H,51,54)/b28-26+/t32-,33-,37+,38+,39?,40+,41+,44+,45-,47+,48-/m1/s1. The summed E-state index contributed by atoms with van der Waals surface area (Å²) in [4.78, 5) is 54.8. The van der Waals surface area contributed by atoms with Gasteiger partial charge in [0.2, 0.25) is 17.6 Å². The average molecular weight is 904 g/mol. The highest BCUT2D eigenvalue weighted by molar-refractivity contribution is 7.57. The van der Waals surface area contributed by atoms with Crippen LogP contribution in [0.15, 0.2) is 103 Å². The Morgan fingerprint density at radius 1 is 0.797 bits per heavy atom. The van der Waals surface area contributed by atoms with Crippen molar-refractivity contribution in [2.24, 2.45) is 23.7 Å². The highest BCUT2D eigenvalue weighted by atomic mass is 31.2. The molecular formula is C48H62N3O12P. The van der Waals surface area contributed by atoms with Crippen molar-refractivity contribution in [1.29, 1.82) is 0 Å². The third-order valence-corrected chi connectivity index (χ3v) is 14.6. The van der Waals surface area contributed by atoms with Crippen LogP contribution < -0.4 is 16.0 Å². The SMILES string of the molecule is CCOP(=O)(/C=C/C(NC(=O)[C@H](Cc1ccccc1)NC(=O)[C@H](CO[C@H]1O[C@@H]2O[C@]3(C)CC[C@H]4[C@H](C)CC[C@@H]([C@H]1C)[C@@]24OO3)NC(=O)OCc1ccccc1)c1ccccc1)OCC. The molecule has 0 radical (unpaired) electrons. The van der Waals surface area contributed by atoms with Gasteiger partial charge in [-0.15, -0.1) is 0 Å². The van der Waals surface area contributed by atoms with Gasteiger partial charge in [-0.25, -0.2) is 14.6 Å². The molecule has 3 aromatic carbocycles. The van der Waals surface area contributed by atoms with Gasteiger partial charge in [-0.2, -0.15) is 0 Å². The zero-order chi connectivity index (χ0) is 45.3. The van der Waals surface area contributed by atoms with E-state index in [4.69, 9.17) is 37.8 Å². The number of nitrogens with one attached hydrogen (secondary N) is 3. The van der Waals surface area contributed by atoms with Gasteiger partial charge in [0.25, 0.3) is 0 Å². The third kappa shape index (κ3) is 11.1. The monoisotopic (exact) mass is 903 g/mol. The fraction of sp³-hybridized carbons (Fsp3) is 0.521. The van der Waals surface area contributed by atoms with Gasteiger partial charge >= 0.3 is 13.7 Å². The average Bonchev–Trinajstić information content (AvgIpc) is 3.53. The van der Waals surface area contributed by atoms with Gasteiger partial charge < -0.3 is 43.9 Å². The molecule has 11 atom stereocenters. The molecule has 1 aliphatic carbocycles. The van der Waals surface area contributed by atoms with Gasteiger partial charge in [-0.05, 0) is 74.6 Å². The predicted octanol–water partition coefficient (Wildman–Crippen LogP) is 7.87. The largest absolute Gasteiger partial charge is 0.445 e. The summed E-state index contributed by atoms with van der Waals surface area (Å²) in [6.07, 6.45) is 2.51. The topological polar surface area (TPSA) is 178 Å². The minimum atomic E-state index is -3.64. The van der Waals surface area contributed by atoms with E-state index in [-0.39, 0.29) is 50.6 Å². The van der Waals surface area contributed by atoms with Gasteiger partial charge in [0.15, 0.2) is 18.2 Å². The summed E-state index contributed by atoms with van der Waals surface area (Å²) >= 11 is 0. The summed E-state index contributed by atoms with van der Waals surface area (Å²) in [5, 5.41) is 8.62. The highest BCUT2D eigenvalue weighted by Crippen LogP contribution is 2.60. The van der Waals surface area contributed by atoms with E-state index in [9.17, 15) is 18.9 Å². The van der Waals surface area contributed by atoms with Crippen molar-refractivity contribution in [2.75, 3.05) is 19.8 Å². The van der Waals surface area contributed by atoms with Crippen molar-refractivity contribution >= 4 is 25.5 Å². The fourth-order valence-electron chi connectivity index (χ4n) is 9.51. The molecule has 4 aliphatic heterocycles. The van der Waals surface area contributed by atoms with E-state index in [0.29, 0.717) is 17.9 Å². The molecule has 15 nitrogen and oxygen atoms in total. The summed E-state index contributed by atoms with van der Waals surface area (Å²) in [6, 6.07) is 24.2. The number of alkyl carbamates (subject to hydrolysis) is 1. The summed E-state index contributed by atoms with van der Waals surface area (Å²) in [5.74, 6) is -0.639. The quantitative estimate of drug-likeness (QED) is 0.0785. The van der Waals surface area contributed by atoms with Crippen LogP contribution >= 0.6 is 7.60 Å². The van der Waals surface area contributed by atoms with Crippen LogP contribution in [0, 0.1) is 23.7 Å². The molecule has 0 aromatic heterocycles. The van der Waals surface area contributed by atoms with Crippen LogP contribution in [-0.2, 0) is 65.0 Å². The first kappa shape index (κ1) is 47.5. The molecule has 5 fully saturated rings. The Labute approximate surface area is 375 Å². The number of fused-ring (bicyclic) bond motifs is 2. The van der Waals surface area contributed by atoms with Crippen LogP contribution in [0.2, 0.25) is 0 Å². The van der Waals surface area contributed by atoms with Crippen molar-refractivity contribution in [1.82, 2.24) is 16.0 Å².